The first-order valence-corrected chi connectivity index (χ1v) is 22.6. The zero-order valence-electron chi connectivity index (χ0n) is 36.5. The van der Waals surface area contributed by atoms with E-state index in [0.29, 0.717) is 0 Å². The van der Waals surface area contributed by atoms with E-state index < -0.39 is 0 Å². The number of rotatable bonds is 8. The molecule has 0 saturated heterocycles. The van der Waals surface area contributed by atoms with Gasteiger partial charge in [0, 0.05) is 38.9 Å². The molecular formula is C63H46N2. The van der Waals surface area contributed by atoms with E-state index in [1.165, 1.54) is 94.3 Å². The Bertz CT molecular complexity index is 3510. The van der Waals surface area contributed by atoms with Gasteiger partial charge in [-0.15, -0.1) is 0 Å². The summed E-state index contributed by atoms with van der Waals surface area (Å²) in [5.41, 5.74) is 22.0. The number of hydrogen-bond acceptors (Lipinski definition) is 1. The minimum atomic E-state index is -0.149. The Labute approximate surface area is 381 Å². The third-order valence-corrected chi connectivity index (χ3v) is 13.6. The van der Waals surface area contributed by atoms with E-state index in [1.807, 2.05) is 0 Å². The molecule has 1 aromatic heterocycles. The lowest BCUT2D eigenvalue weighted by atomic mass is 9.80. The molecule has 11 aromatic rings. The molecule has 0 saturated carbocycles. The summed E-state index contributed by atoms with van der Waals surface area (Å²) in [4.78, 5) is 2.32. The van der Waals surface area contributed by atoms with Crippen LogP contribution < -0.4 is 4.90 Å². The summed E-state index contributed by atoms with van der Waals surface area (Å²) in [6.45, 7) is 4.76. The molecule has 65 heavy (non-hydrogen) atoms. The Morgan fingerprint density at radius 2 is 0.692 bits per heavy atom. The minimum Gasteiger partial charge on any atom is -0.311 e. The van der Waals surface area contributed by atoms with Crippen LogP contribution in [-0.2, 0) is 5.41 Å². The van der Waals surface area contributed by atoms with E-state index in [9.17, 15) is 0 Å². The topological polar surface area (TPSA) is 8.17 Å². The largest absolute Gasteiger partial charge is 0.311 e. The summed E-state index contributed by atoms with van der Waals surface area (Å²) in [6, 6.07) is 88.6. The molecule has 2 nitrogen and oxygen atoms in total. The fraction of sp³-hybridized carbons (Fsp3) is 0.0476. The Hall–Kier alpha value is -8.20. The summed E-state index contributed by atoms with van der Waals surface area (Å²) in [7, 11) is 0. The lowest BCUT2D eigenvalue weighted by molar-refractivity contribution is 0.661. The molecule has 0 unspecified atom stereocenters. The molecule has 0 N–H and O–H groups in total. The lowest BCUT2D eigenvalue weighted by Gasteiger charge is -2.26. The van der Waals surface area contributed by atoms with Crippen molar-refractivity contribution in [1.82, 2.24) is 4.57 Å². The Kier molecular flexibility index (Phi) is 9.21. The van der Waals surface area contributed by atoms with Gasteiger partial charge in [-0.25, -0.2) is 0 Å². The molecule has 0 bridgehead atoms. The van der Waals surface area contributed by atoms with E-state index in [-0.39, 0.29) is 5.41 Å². The van der Waals surface area contributed by atoms with E-state index in [1.54, 1.807) is 0 Å². The van der Waals surface area contributed by atoms with Gasteiger partial charge >= 0.3 is 0 Å². The van der Waals surface area contributed by atoms with Crippen LogP contribution in [0.3, 0.4) is 0 Å². The second-order valence-corrected chi connectivity index (χ2v) is 17.8. The van der Waals surface area contributed by atoms with Gasteiger partial charge in [-0.05, 0) is 146 Å². The van der Waals surface area contributed by atoms with Gasteiger partial charge in [0.1, 0.15) is 0 Å². The van der Waals surface area contributed by atoms with E-state index in [4.69, 9.17) is 0 Å². The molecule has 0 radical (unpaired) electrons. The smallest absolute Gasteiger partial charge is 0.0541 e. The number of fused-ring (bicyclic) bond motifs is 6. The van der Waals surface area contributed by atoms with Gasteiger partial charge in [-0.3, -0.25) is 0 Å². The van der Waals surface area contributed by atoms with Gasteiger partial charge in [0.05, 0.1) is 11.0 Å². The van der Waals surface area contributed by atoms with Crippen molar-refractivity contribution in [2.75, 3.05) is 4.90 Å². The summed E-state index contributed by atoms with van der Waals surface area (Å²) < 4.78 is 2.38. The fourth-order valence-electron chi connectivity index (χ4n) is 10.2. The molecule has 0 amide bonds. The predicted octanol–water partition coefficient (Wildman–Crippen LogP) is 17.2. The summed E-state index contributed by atoms with van der Waals surface area (Å²) in [5.74, 6) is 0. The number of aromatic nitrogens is 1. The van der Waals surface area contributed by atoms with Crippen molar-refractivity contribution in [2.45, 2.75) is 19.3 Å². The Balaban J connectivity index is 0.811. The van der Waals surface area contributed by atoms with Crippen molar-refractivity contribution in [3.63, 3.8) is 0 Å². The van der Waals surface area contributed by atoms with Gasteiger partial charge in [0.2, 0.25) is 0 Å². The molecule has 1 aliphatic rings. The maximum Gasteiger partial charge on any atom is 0.0541 e. The van der Waals surface area contributed by atoms with Crippen LogP contribution >= 0.6 is 0 Å². The standard InChI is InChI=1S/C63H46N2/c1-63(2)59-41-49(30-37-55(59)56-38-31-50(42-60(56)63)48-32-39-62-58(40-48)57-20-12-13-21-61(57)65(62)52-18-10-5-11-19-52)47-24-22-44(23-25-47)46-28-35-54(36-29-46)64(51-16-8-4-9-17-51)53-33-26-45(27-34-53)43-14-6-3-7-15-43/h3-42H,1-2H3. The highest BCUT2D eigenvalue weighted by molar-refractivity contribution is 6.10. The number of benzene rings is 10. The van der Waals surface area contributed by atoms with Crippen LogP contribution in [0.25, 0.3) is 83.1 Å². The van der Waals surface area contributed by atoms with Crippen molar-refractivity contribution in [2.24, 2.45) is 0 Å². The summed E-state index contributed by atoms with van der Waals surface area (Å²) >= 11 is 0. The number of para-hydroxylation sites is 3. The highest BCUT2D eigenvalue weighted by atomic mass is 15.1. The summed E-state index contributed by atoms with van der Waals surface area (Å²) in [6.07, 6.45) is 0. The number of nitrogens with zero attached hydrogens (tertiary/aromatic N) is 2. The van der Waals surface area contributed by atoms with Crippen molar-refractivity contribution in [1.29, 1.82) is 0 Å². The average molecular weight is 831 g/mol. The van der Waals surface area contributed by atoms with Gasteiger partial charge in [0.25, 0.3) is 0 Å². The Morgan fingerprint density at radius 3 is 1.28 bits per heavy atom. The van der Waals surface area contributed by atoms with Gasteiger partial charge < -0.3 is 9.47 Å². The molecule has 10 aromatic carbocycles. The first kappa shape index (κ1) is 38.5. The second-order valence-electron chi connectivity index (χ2n) is 17.8. The van der Waals surface area contributed by atoms with Crippen molar-refractivity contribution >= 4 is 38.9 Å². The highest BCUT2D eigenvalue weighted by Gasteiger charge is 2.36. The normalized spacial score (nSPS) is 12.6. The Morgan fingerprint density at radius 1 is 0.308 bits per heavy atom. The molecule has 1 aliphatic carbocycles. The lowest BCUT2D eigenvalue weighted by Crippen LogP contribution is -2.15. The van der Waals surface area contributed by atoms with Crippen molar-refractivity contribution < 1.29 is 0 Å². The second kappa shape index (κ2) is 15.6. The first-order valence-electron chi connectivity index (χ1n) is 22.6. The quantitative estimate of drug-likeness (QED) is 0.148. The number of hydrogen-bond donors (Lipinski definition) is 0. The van der Waals surface area contributed by atoms with Crippen molar-refractivity contribution in [3.8, 4) is 61.3 Å². The van der Waals surface area contributed by atoms with Gasteiger partial charge in [0.15, 0.2) is 0 Å². The minimum absolute atomic E-state index is 0.149. The van der Waals surface area contributed by atoms with Crippen molar-refractivity contribution in [3.05, 3.63) is 254 Å². The third kappa shape index (κ3) is 6.65. The average Bonchev–Trinajstić information content (AvgIpc) is 3.82. The van der Waals surface area contributed by atoms with Crippen LogP contribution in [0, 0.1) is 0 Å². The molecule has 0 atom stereocenters. The van der Waals surface area contributed by atoms with Crippen LogP contribution in [0.2, 0.25) is 0 Å². The van der Waals surface area contributed by atoms with Crippen LogP contribution in [0.1, 0.15) is 25.0 Å². The van der Waals surface area contributed by atoms with Gasteiger partial charge in [-0.1, -0.05) is 178 Å². The third-order valence-electron chi connectivity index (χ3n) is 13.6. The maximum atomic E-state index is 2.44. The van der Waals surface area contributed by atoms with Gasteiger partial charge in [-0.2, -0.15) is 0 Å². The first-order chi connectivity index (χ1) is 32.0. The molecule has 308 valence electrons. The number of anilines is 3. The van der Waals surface area contributed by atoms with Crippen LogP contribution in [-0.4, -0.2) is 4.57 Å². The molecule has 1 heterocycles. The summed E-state index contributed by atoms with van der Waals surface area (Å²) in [5, 5.41) is 2.54. The molecule has 12 rings (SSSR count). The SMILES string of the molecule is CC1(C)c2cc(-c3ccc(-c4ccc(N(c5ccccc5)c5ccc(-c6ccccc6)cc5)cc4)cc3)ccc2-c2ccc(-c3ccc4c(c3)c3ccccc3n4-c3ccccc3)cc21. The van der Waals surface area contributed by atoms with Crippen LogP contribution in [0.15, 0.2) is 243 Å². The van der Waals surface area contributed by atoms with E-state index in [2.05, 4.69) is 266 Å². The van der Waals surface area contributed by atoms with Crippen LogP contribution in [0.5, 0.6) is 0 Å². The van der Waals surface area contributed by atoms with Crippen LogP contribution in [0.4, 0.5) is 17.1 Å². The molecule has 0 spiro atoms. The predicted molar refractivity (Wildman–Crippen MR) is 275 cm³/mol. The monoisotopic (exact) mass is 830 g/mol. The molecule has 0 fully saturated rings. The van der Waals surface area contributed by atoms with E-state index in [0.717, 1.165) is 17.1 Å². The molecular weight excluding hydrogens is 785 g/mol. The zero-order chi connectivity index (χ0) is 43.5. The van der Waals surface area contributed by atoms with E-state index >= 15 is 0 Å². The maximum absolute atomic E-state index is 2.44. The molecule has 0 aliphatic heterocycles. The highest BCUT2D eigenvalue weighted by Crippen LogP contribution is 2.51. The zero-order valence-corrected chi connectivity index (χ0v) is 36.5. The fourth-order valence-corrected chi connectivity index (χ4v) is 10.2. The molecule has 2 heteroatoms.